The van der Waals surface area contributed by atoms with Crippen molar-refractivity contribution in [3.63, 3.8) is 0 Å². The highest BCUT2D eigenvalue weighted by molar-refractivity contribution is 5.87. The van der Waals surface area contributed by atoms with Crippen molar-refractivity contribution in [2.24, 2.45) is 0 Å². The Bertz CT molecular complexity index is 1140. The summed E-state index contributed by atoms with van der Waals surface area (Å²) in [5.74, 6) is 0.409. The quantitative estimate of drug-likeness (QED) is 0.427. The molecule has 1 aromatic heterocycles. The number of aromatic nitrogens is 2. The van der Waals surface area contributed by atoms with Gasteiger partial charge in [0.05, 0.1) is 17.1 Å². The predicted octanol–water partition coefficient (Wildman–Crippen LogP) is 6.63. The van der Waals surface area contributed by atoms with E-state index in [1.54, 1.807) is 12.1 Å². The van der Waals surface area contributed by atoms with E-state index in [9.17, 15) is 13.2 Å². The van der Waals surface area contributed by atoms with Crippen LogP contribution in [0.25, 0.3) is 22.0 Å². The van der Waals surface area contributed by atoms with E-state index in [4.69, 9.17) is 5.10 Å². The molecule has 2 fully saturated rings. The number of likely N-dealkylation sites (tertiary alicyclic amines) is 1. The van der Waals surface area contributed by atoms with E-state index in [1.807, 2.05) is 18.2 Å². The van der Waals surface area contributed by atoms with Crippen LogP contribution in [-0.4, -0.2) is 47.4 Å². The first kappa shape index (κ1) is 24.3. The van der Waals surface area contributed by atoms with Crippen molar-refractivity contribution in [3.8, 4) is 11.1 Å². The summed E-state index contributed by atoms with van der Waals surface area (Å²) in [4.78, 5) is 2.56. The van der Waals surface area contributed by atoms with Gasteiger partial charge in [-0.2, -0.15) is 18.3 Å². The average molecular weight is 485 g/mol. The Labute approximate surface area is 205 Å². The lowest BCUT2D eigenvalue weighted by molar-refractivity contribution is -0.137. The largest absolute Gasteiger partial charge is 0.417 e. The topological polar surface area (TPSA) is 33.1 Å². The molecule has 35 heavy (non-hydrogen) atoms. The molecule has 1 N–H and O–H groups in total. The first-order chi connectivity index (χ1) is 16.9. The molecule has 3 heterocycles. The van der Waals surface area contributed by atoms with E-state index < -0.39 is 11.7 Å². The van der Waals surface area contributed by atoms with E-state index in [0.717, 1.165) is 55.9 Å². The first-order valence-electron chi connectivity index (χ1n) is 13.0. The van der Waals surface area contributed by atoms with Crippen LogP contribution in [0.2, 0.25) is 0 Å². The summed E-state index contributed by atoms with van der Waals surface area (Å²) in [5, 5.41) is 9.55. The third-order valence-corrected chi connectivity index (χ3v) is 7.73. The van der Waals surface area contributed by atoms with Crippen LogP contribution >= 0.6 is 0 Å². The Morgan fingerprint density at radius 2 is 1.77 bits per heavy atom. The molecule has 0 spiro atoms. The predicted molar refractivity (Wildman–Crippen MR) is 135 cm³/mol. The number of alkyl halides is 3. The van der Waals surface area contributed by atoms with Crippen molar-refractivity contribution in [3.05, 3.63) is 53.7 Å². The molecule has 4 nitrogen and oxygen atoms in total. The number of hydrogen-bond acceptors (Lipinski definition) is 3. The van der Waals surface area contributed by atoms with Crippen molar-refractivity contribution in [1.29, 1.82) is 0 Å². The van der Waals surface area contributed by atoms with Gasteiger partial charge in [0.2, 0.25) is 0 Å². The third kappa shape index (κ3) is 5.26. The summed E-state index contributed by atoms with van der Waals surface area (Å²) < 4.78 is 43.2. The maximum Gasteiger partial charge on any atom is 0.417 e. The molecule has 0 bridgehead atoms. The van der Waals surface area contributed by atoms with Crippen molar-refractivity contribution in [1.82, 2.24) is 20.0 Å². The van der Waals surface area contributed by atoms with Crippen LogP contribution in [0.4, 0.5) is 13.2 Å². The minimum Gasteiger partial charge on any atom is -0.317 e. The summed E-state index contributed by atoms with van der Waals surface area (Å²) in [5.41, 5.74) is 2.21. The number of hydrogen-bond donors (Lipinski definition) is 1. The molecule has 0 aliphatic carbocycles. The van der Waals surface area contributed by atoms with Gasteiger partial charge in [-0.05, 0) is 88.5 Å². The van der Waals surface area contributed by atoms with Crippen LogP contribution < -0.4 is 5.32 Å². The van der Waals surface area contributed by atoms with E-state index in [1.165, 1.54) is 44.1 Å². The maximum atomic E-state index is 13.7. The fourth-order valence-electron chi connectivity index (χ4n) is 5.79. The van der Waals surface area contributed by atoms with Crippen LogP contribution in [0.1, 0.15) is 68.7 Å². The summed E-state index contributed by atoms with van der Waals surface area (Å²) >= 11 is 0. The molecule has 2 saturated heterocycles. The second-order valence-corrected chi connectivity index (χ2v) is 10.2. The van der Waals surface area contributed by atoms with Crippen LogP contribution in [0.15, 0.2) is 42.5 Å². The number of piperidine rings is 2. The second kappa shape index (κ2) is 10.3. The number of benzene rings is 2. The molecule has 0 saturated carbocycles. The van der Waals surface area contributed by atoms with Gasteiger partial charge in [-0.3, -0.25) is 4.68 Å². The Hall–Kier alpha value is -2.38. The van der Waals surface area contributed by atoms with Gasteiger partial charge in [0.15, 0.2) is 0 Å². The summed E-state index contributed by atoms with van der Waals surface area (Å²) in [6.45, 7) is 7.62. The van der Waals surface area contributed by atoms with Gasteiger partial charge in [-0.25, -0.2) is 0 Å². The highest BCUT2D eigenvalue weighted by atomic mass is 19.4. The van der Waals surface area contributed by atoms with Gasteiger partial charge in [0, 0.05) is 23.5 Å². The molecule has 1 atom stereocenters. The molecular weight excluding hydrogens is 449 g/mol. The van der Waals surface area contributed by atoms with Gasteiger partial charge in [0.1, 0.15) is 0 Å². The van der Waals surface area contributed by atoms with Gasteiger partial charge >= 0.3 is 6.18 Å². The van der Waals surface area contributed by atoms with E-state index >= 15 is 0 Å². The lowest BCUT2D eigenvalue weighted by Crippen LogP contribution is -2.32. The molecule has 0 amide bonds. The zero-order valence-corrected chi connectivity index (χ0v) is 20.4. The van der Waals surface area contributed by atoms with Crippen LogP contribution in [0, 0.1) is 0 Å². The van der Waals surface area contributed by atoms with Gasteiger partial charge in [-0.15, -0.1) is 0 Å². The summed E-state index contributed by atoms with van der Waals surface area (Å²) in [6, 6.07) is 11.7. The molecule has 3 aromatic rings. The SMILES string of the molecule is CC(CCN1CCCCC1)n1nc2cc(-c3ccccc3C(F)(F)F)ccc2c1C1CCNCC1. The zero-order chi connectivity index (χ0) is 24.4. The number of fused-ring (bicyclic) bond motifs is 1. The molecule has 2 aliphatic heterocycles. The molecular formula is C28H35F3N4. The highest BCUT2D eigenvalue weighted by Gasteiger charge is 2.33. The molecule has 7 heteroatoms. The zero-order valence-electron chi connectivity index (χ0n) is 20.4. The second-order valence-electron chi connectivity index (χ2n) is 10.2. The van der Waals surface area contributed by atoms with Gasteiger partial charge in [-0.1, -0.05) is 36.8 Å². The number of halogens is 3. The monoisotopic (exact) mass is 484 g/mol. The van der Waals surface area contributed by atoms with Gasteiger partial charge in [0.25, 0.3) is 0 Å². The Morgan fingerprint density at radius 1 is 1.03 bits per heavy atom. The fraction of sp³-hybridized carbons (Fsp3) is 0.536. The average Bonchev–Trinajstić information content (AvgIpc) is 3.27. The molecule has 1 unspecified atom stereocenters. The Morgan fingerprint density at radius 3 is 2.51 bits per heavy atom. The summed E-state index contributed by atoms with van der Waals surface area (Å²) in [6.07, 6.45) is 2.63. The minimum atomic E-state index is -4.39. The number of nitrogens with zero attached hydrogens (tertiary/aromatic N) is 3. The van der Waals surface area contributed by atoms with Crippen molar-refractivity contribution < 1.29 is 13.2 Å². The van der Waals surface area contributed by atoms with Crippen molar-refractivity contribution in [2.45, 2.75) is 63.6 Å². The molecule has 2 aromatic carbocycles. The Kier molecular flexibility index (Phi) is 7.17. The molecule has 0 radical (unpaired) electrons. The van der Waals surface area contributed by atoms with Crippen LogP contribution in [0.3, 0.4) is 0 Å². The van der Waals surface area contributed by atoms with Gasteiger partial charge < -0.3 is 10.2 Å². The Balaban J connectivity index is 1.51. The number of rotatable bonds is 6. The van der Waals surface area contributed by atoms with E-state index in [0.29, 0.717) is 11.5 Å². The highest BCUT2D eigenvalue weighted by Crippen LogP contribution is 2.39. The van der Waals surface area contributed by atoms with E-state index in [2.05, 4.69) is 21.8 Å². The lowest BCUT2D eigenvalue weighted by atomic mass is 9.91. The molecule has 2 aliphatic rings. The molecule has 188 valence electrons. The summed E-state index contributed by atoms with van der Waals surface area (Å²) in [7, 11) is 0. The van der Waals surface area contributed by atoms with Crippen molar-refractivity contribution >= 4 is 10.9 Å². The minimum absolute atomic E-state index is 0.206. The maximum absolute atomic E-state index is 13.7. The normalized spacial score (nSPS) is 19.3. The fourth-order valence-corrected chi connectivity index (χ4v) is 5.79. The van der Waals surface area contributed by atoms with E-state index in [-0.39, 0.29) is 11.6 Å². The first-order valence-corrected chi connectivity index (χ1v) is 13.0. The smallest absolute Gasteiger partial charge is 0.317 e. The van der Waals surface area contributed by atoms with Crippen LogP contribution in [0.5, 0.6) is 0 Å². The molecule has 5 rings (SSSR count). The van der Waals surface area contributed by atoms with Crippen molar-refractivity contribution in [2.75, 3.05) is 32.7 Å². The third-order valence-electron chi connectivity index (χ3n) is 7.73. The number of nitrogens with one attached hydrogen (secondary N) is 1. The standard InChI is InChI=1S/C28H35F3N4/c1-20(13-18-34-16-5-2-6-17-34)35-27(21-11-14-32-15-12-21)24-10-9-22(19-26(24)33-35)23-7-3-4-8-25(23)28(29,30)31/h3-4,7-10,19-21,32H,2,5-6,11-18H2,1H3. The van der Waals surface area contributed by atoms with Crippen LogP contribution in [-0.2, 0) is 6.18 Å². The lowest BCUT2D eigenvalue weighted by Gasteiger charge is -2.29.